The van der Waals surface area contributed by atoms with Crippen molar-refractivity contribution >= 4 is 12.2 Å². The van der Waals surface area contributed by atoms with E-state index in [4.69, 9.17) is 9.84 Å². The Kier molecular flexibility index (Phi) is 5.11. The molecule has 0 heterocycles. The summed E-state index contributed by atoms with van der Waals surface area (Å²) in [6, 6.07) is 0. The lowest BCUT2D eigenvalue weighted by atomic mass is 10.1. The van der Waals surface area contributed by atoms with E-state index in [0.29, 0.717) is 4.90 Å². The number of hydrogen-bond acceptors (Lipinski definition) is 3. The molecule has 0 aliphatic heterocycles. The van der Waals surface area contributed by atoms with Crippen molar-refractivity contribution in [3.8, 4) is 0 Å². The fourth-order valence-corrected chi connectivity index (χ4v) is 1.01. The third-order valence-electron chi connectivity index (χ3n) is 1.77. The molecule has 0 radical (unpaired) electrons. The van der Waals surface area contributed by atoms with Gasteiger partial charge in [0.05, 0.1) is 6.61 Å². The number of unbranched alkanes of at least 4 members (excludes halogenated alkanes) is 1. The zero-order valence-corrected chi connectivity index (χ0v) is 9.74. The minimum absolute atomic E-state index is 0.259. The second-order valence-corrected chi connectivity index (χ2v) is 4.26. The predicted molar refractivity (Wildman–Crippen MR) is 55.9 cm³/mol. The molecule has 2 amide bonds. The normalized spacial score (nSPS) is 10.9. The van der Waals surface area contributed by atoms with E-state index in [1.54, 1.807) is 20.8 Å². The molecule has 0 rings (SSSR count). The topological polar surface area (TPSA) is 66.8 Å². The van der Waals surface area contributed by atoms with E-state index >= 15 is 0 Å². The number of carboxylic acid groups (broad SMARTS) is 1. The Labute approximate surface area is 90.0 Å². The number of rotatable bonds is 3. The summed E-state index contributed by atoms with van der Waals surface area (Å²) in [7, 11) is 0. The fraction of sp³-hybridized carbons (Fsp3) is 0.800. The molecule has 0 atom stereocenters. The van der Waals surface area contributed by atoms with Crippen LogP contribution in [-0.2, 0) is 4.74 Å². The molecular formula is C10H19NO4. The summed E-state index contributed by atoms with van der Waals surface area (Å²) in [4.78, 5) is 23.0. The van der Waals surface area contributed by atoms with Gasteiger partial charge in [0.2, 0.25) is 0 Å². The number of ether oxygens (including phenoxy) is 1. The molecule has 5 heteroatoms. The van der Waals surface area contributed by atoms with Crippen molar-refractivity contribution in [2.75, 3.05) is 6.61 Å². The number of imide groups is 1. The van der Waals surface area contributed by atoms with Crippen molar-refractivity contribution in [1.82, 2.24) is 4.90 Å². The number of amides is 2. The van der Waals surface area contributed by atoms with Crippen molar-refractivity contribution in [3.05, 3.63) is 0 Å². The van der Waals surface area contributed by atoms with Crippen molar-refractivity contribution in [1.29, 1.82) is 0 Å². The van der Waals surface area contributed by atoms with Crippen LogP contribution in [0.15, 0.2) is 0 Å². The predicted octanol–water partition coefficient (Wildman–Crippen LogP) is 2.70. The molecule has 0 fully saturated rings. The van der Waals surface area contributed by atoms with Gasteiger partial charge in [-0.15, -0.1) is 0 Å². The van der Waals surface area contributed by atoms with E-state index in [1.165, 1.54) is 0 Å². The Bertz CT molecular complexity index is 232. The average molecular weight is 217 g/mol. The molecule has 0 bridgehead atoms. The first-order chi connectivity index (χ1) is 6.80. The maximum atomic E-state index is 11.4. The van der Waals surface area contributed by atoms with Gasteiger partial charge in [-0.1, -0.05) is 13.3 Å². The van der Waals surface area contributed by atoms with Gasteiger partial charge in [0.25, 0.3) is 0 Å². The molecule has 1 N–H and O–H groups in total. The zero-order valence-electron chi connectivity index (χ0n) is 9.74. The summed E-state index contributed by atoms with van der Waals surface area (Å²) in [6.07, 6.45) is -0.452. The molecule has 15 heavy (non-hydrogen) atoms. The fourth-order valence-electron chi connectivity index (χ4n) is 1.01. The first-order valence-electron chi connectivity index (χ1n) is 5.00. The molecule has 0 aromatic rings. The number of hydrogen-bond donors (Lipinski definition) is 1. The van der Waals surface area contributed by atoms with Crippen molar-refractivity contribution < 1.29 is 19.4 Å². The molecule has 0 saturated carbocycles. The van der Waals surface area contributed by atoms with Crippen LogP contribution in [0.4, 0.5) is 9.59 Å². The molecule has 0 spiro atoms. The first-order valence-corrected chi connectivity index (χ1v) is 5.00. The van der Waals surface area contributed by atoms with Crippen LogP contribution in [0.1, 0.15) is 40.5 Å². The Hall–Kier alpha value is -1.26. The maximum absolute atomic E-state index is 11.4. The van der Waals surface area contributed by atoms with E-state index in [2.05, 4.69) is 0 Å². The number of carbonyl (C=O) groups excluding carboxylic acids is 1. The molecule has 0 saturated heterocycles. The third kappa shape index (κ3) is 4.67. The van der Waals surface area contributed by atoms with Gasteiger partial charge >= 0.3 is 12.2 Å². The van der Waals surface area contributed by atoms with Gasteiger partial charge in [0, 0.05) is 5.54 Å². The van der Waals surface area contributed by atoms with E-state index in [1.807, 2.05) is 6.92 Å². The summed E-state index contributed by atoms with van der Waals surface area (Å²) in [5.74, 6) is 0. The minimum Gasteiger partial charge on any atom is -0.465 e. The van der Waals surface area contributed by atoms with E-state index in [-0.39, 0.29) is 6.61 Å². The van der Waals surface area contributed by atoms with Crippen LogP contribution in [0.25, 0.3) is 0 Å². The van der Waals surface area contributed by atoms with Crippen LogP contribution in [-0.4, -0.2) is 34.3 Å². The van der Waals surface area contributed by atoms with Crippen LogP contribution in [0.2, 0.25) is 0 Å². The van der Waals surface area contributed by atoms with Crippen molar-refractivity contribution in [2.24, 2.45) is 0 Å². The van der Waals surface area contributed by atoms with Gasteiger partial charge in [-0.2, -0.15) is 0 Å². The largest absolute Gasteiger partial charge is 0.465 e. The van der Waals surface area contributed by atoms with Crippen LogP contribution in [0.3, 0.4) is 0 Å². The monoisotopic (exact) mass is 217 g/mol. The first kappa shape index (κ1) is 13.7. The Balaban J connectivity index is 4.39. The molecule has 0 aliphatic carbocycles. The molecule has 5 nitrogen and oxygen atoms in total. The number of carbonyl (C=O) groups is 2. The second kappa shape index (κ2) is 5.58. The van der Waals surface area contributed by atoms with E-state index < -0.39 is 17.7 Å². The standard InChI is InChI=1S/C10H19NO4/c1-5-6-7-15-9(14)11(8(12)13)10(2,3)4/h5-7H2,1-4H3,(H,12,13). The lowest BCUT2D eigenvalue weighted by Gasteiger charge is -2.30. The van der Waals surface area contributed by atoms with Gasteiger partial charge in [0.15, 0.2) is 0 Å². The highest BCUT2D eigenvalue weighted by molar-refractivity contribution is 5.87. The number of nitrogens with zero attached hydrogens (tertiary/aromatic N) is 1. The molecule has 0 aromatic heterocycles. The van der Waals surface area contributed by atoms with Gasteiger partial charge in [0.1, 0.15) is 0 Å². The van der Waals surface area contributed by atoms with Gasteiger partial charge in [-0.25, -0.2) is 14.5 Å². The highest BCUT2D eigenvalue weighted by atomic mass is 16.6. The Morgan fingerprint density at radius 2 is 1.87 bits per heavy atom. The SMILES string of the molecule is CCCCOC(=O)N(C(=O)O)C(C)(C)C. The van der Waals surface area contributed by atoms with Crippen molar-refractivity contribution in [2.45, 2.75) is 46.1 Å². The summed E-state index contributed by atoms with van der Waals surface area (Å²) >= 11 is 0. The van der Waals surface area contributed by atoms with Gasteiger partial charge in [-0.3, -0.25) is 0 Å². The smallest absolute Gasteiger partial charge is 0.419 e. The highest BCUT2D eigenvalue weighted by Gasteiger charge is 2.33. The van der Waals surface area contributed by atoms with Crippen LogP contribution in [0.5, 0.6) is 0 Å². The van der Waals surface area contributed by atoms with Crippen LogP contribution >= 0.6 is 0 Å². The van der Waals surface area contributed by atoms with Crippen molar-refractivity contribution in [3.63, 3.8) is 0 Å². The summed E-state index contributed by atoms with van der Waals surface area (Å²) in [5.41, 5.74) is -0.783. The van der Waals surface area contributed by atoms with E-state index in [0.717, 1.165) is 12.8 Å². The average Bonchev–Trinajstić information content (AvgIpc) is 2.00. The second-order valence-electron chi connectivity index (χ2n) is 4.26. The van der Waals surface area contributed by atoms with Gasteiger partial charge < -0.3 is 9.84 Å². The van der Waals surface area contributed by atoms with Crippen LogP contribution in [0, 0.1) is 0 Å². The summed E-state index contributed by atoms with van der Waals surface area (Å²) in [5, 5.41) is 8.86. The molecule has 0 unspecified atom stereocenters. The molecular weight excluding hydrogens is 198 g/mol. The van der Waals surface area contributed by atoms with Crippen LogP contribution < -0.4 is 0 Å². The molecule has 0 aromatic carbocycles. The lowest BCUT2D eigenvalue weighted by Crippen LogP contribution is -2.49. The van der Waals surface area contributed by atoms with E-state index in [9.17, 15) is 9.59 Å². The maximum Gasteiger partial charge on any atom is 0.419 e. The molecule has 0 aliphatic rings. The summed E-state index contributed by atoms with van der Waals surface area (Å²) < 4.78 is 4.84. The zero-order chi connectivity index (χ0) is 12.1. The van der Waals surface area contributed by atoms with Gasteiger partial charge in [-0.05, 0) is 27.2 Å². The highest BCUT2D eigenvalue weighted by Crippen LogP contribution is 2.15. The third-order valence-corrected chi connectivity index (χ3v) is 1.77. The molecule has 88 valence electrons. The Morgan fingerprint density at radius 1 is 1.33 bits per heavy atom. The minimum atomic E-state index is -1.29. The Morgan fingerprint density at radius 3 is 2.20 bits per heavy atom. The summed E-state index contributed by atoms with van der Waals surface area (Å²) in [6.45, 7) is 7.15. The lowest BCUT2D eigenvalue weighted by molar-refractivity contribution is 0.0643. The quantitative estimate of drug-likeness (QED) is 0.738.